The average Bonchev–Trinajstić information content (AvgIpc) is 2.68. The Hall–Kier alpha value is -0.390. The lowest BCUT2D eigenvalue weighted by Gasteiger charge is -1.94. The normalized spacial score (nSPS) is 9.69. The molecule has 0 aliphatic carbocycles. The summed E-state index contributed by atoms with van der Waals surface area (Å²) >= 11 is 5.01. The van der Waals surface area contributed by atoms with Crippen molar-refractivity contribution in [1.29, 1.82) is 0 Å². The largest absolute Gasteiger partial charge is 1.00 e. The van der Waals surface area contributed by atoms with Crippen LogP contribution in [-0.2, 0) is 0 Å². The van der Waals surface area contributed by atoms with Crippen LogP contribution in [0.5, 0.6) is 0 Å². The summed E-state index contributed by atoms with van der Waals surface area (Å²) in [5.41, 5.74) is 1.10. The number of halogens is 2. The summed E-state index contributed by atoms with van der Waals surface area (Å²) in [5, 5.41) is 2.03. The molecule has 1 heterocycles. The molecule has 0 amide bonds. The highest BCUT2D eigenvalue weighted by Crippen LogP contribution is 2.21. The van der Waals surface area contributed by atoms with Gasteiger partial charge in [0.05, 0.1) is 0 Å². The maximum Gasteiger partial charge on any atom is 0.429 e. The van der Waals surface area contributed by atoms with E-state index in [1.54, 1.807) is 11.3 Å². The van der Waals surface area contributed by atoms with Crippen LogP contribution in [0.25, 0.3) is 11.3 Å². The van der Waals surface area contributed by atoms with Crippen LogP contribution in [0.4, 0.5) is 0 Å². The SMILES string of the molecule is C[N+](C)=c1oc(-c2ccc(Br)cc2)cs1.[Br-]. The maximum absolute atomic E-state index is 5.70. The third kappa shape index (κ3) is 3.06. The molecule has 0 saturated carbocycles. The molecular weight excluding hydrogens is 354 g/mol. The average molecular weight is 365 g/mol. The Kier molecular flexibility index (Phi) is 4.95. The van der Waals surface area contributed by atoms with Gasteiger partial charge in [-0.1, -0.05) is 28.1 Å². The lowest BCUT2D eigenvalue weighted by molar-refractivity contribution is -0.00000336. The Morgan fingerprint density at radius 2 is 1.81 bits per heavy atom. The first-order valence-electron chi connectivity index (χ1n) is 4.52. The van der Waals surface area contributed by atoms with Crippen LogP contribution in [0.15, 0.2) is 38.5 Å². The van der Waals surface area contributed by atoms with Gasteiger partial charge in [-0.3, -0.25) is 0 Å². The van der Waals surface area contributed by atoms with E-state index in [9.17, 15) is 0 Å². The van der Waals surface area contributed by atoms with E-state index < -0.39 is 0 Å². The second-order valence-electron chi connectivity index (χ2n) is 3.37. The lowest BCUT2D eigenvalue weighted by atomic mass is 10.2. The molecule has 86 valence electrons. The molecule has 0 saturated heterocycles. The summed E-state index contributed by atoms with van der Waals surface area (Å²) < 4.78 is 8.74. The van der Waals surface area contributed by atoms with Crippen LogP contribution in [0.2, 0.25) is 0 Å². The molecule has 0 spiro atoms. The molecule has 0 atom stereocenters. The molecule has 0 radical (unpaired) electrons. The molecule has 0 bridgehead atoms. The van der Waals surface area contributed by atoms with Crippen LogP contribution in [0.1, 0.15) is 0 Å². The van der Waals surface area contributed by atoms with E-state index in [0.717, 1.165) is 20.7 Å². The van der Waals surface area contributed by atoms with Gasteiger partial charge < -0.3 is 21.4 Å². The van der Waals surface area contributed by atoms with Gasteiger partial charge in [0.15, 0.2) is 5.76 Å². The minimum absolute atomic E-state index is 0. The van der Waals surface area contributed by atoms with Crippen LogP contribution >= 0.6 is 27.3 Å². The number of benzene rings is 1. The molecule has 0 N–H and O–H groups in total. The van der Waals surface area contributed by atoms with Gasteiger partial charge >= 0.3 is 4.87 Å². The third-order valence-corrected chi connectivity index (χ3v) is 3.47. The van der Waals surface area contributed by atoms with Crippen molar-refractivity contribution >= 4 is 27.3 Å². The topological polar surface area (TPSA) is 16.1 Å². The molecule has 2 nitrogen and oxygen atoms in total. The number of hydrogen-bond donors (Lipinski definition) is 0. The van der Waals surface area contributed by atoms with Crippen LogP contribution < -0.4 is 26.4 Å². The van der Waals surface area contributed by atoms with Crippen molar-refractivity contribution in [2.45, 2.75) is 0 Å². The zero-order valence-electron chi connectivity index (χ0n) is 8.91. The number of nitrogens with zero attached hydrogens (tertiary/aromatic N) is 1. The van der Waals surface area contributed by atoms with Crippen molar-refractivity contribution in [1.82, 2.24) is 4.58 Å². The predicted octanol–water partition coefficient (Wildman–Crippen LogP) is -0.194. The molecule has 0 fully saturated rings. The molecule has 16 heavy (non-hydrogen) atoms. The van der Waals surface area contributed by atoms with Gasteiger partial charge in [-0.15, -0.1) is 0 Å². The van der Waals surface area contributed by atoms with Gasteiger partial charge in [0, 0.05) is 15.4 Å². The Morgan fingerprint density at radius 1 is 1.19 bits per heavy atom. The quantitative estimate of drug-likeness (QED) is 0.640. The molecule has 5 heteroatoms. The van der Waals surface area contributed by atoms with Gasteiger partial charge in [-0.25, -0.2) is 0 Å². The summed E-state index contributed by atoms with van der Waals surface area (Å²) in [6.07, 6.45) is 0. The molecule has 0 aliphatic heterocycles. The smallest absolute Gasteiger partial charge is 0.429 e. The van der Waals surface area contributed by atoms with Crippen LogP contribution in [-0.4, -0.2) is 14.1 Å². The Morgan fingerprint density at radius 3 is 2.31 bits per heavy atom. The first-order chi connectivity index (χ1) is 7.16. The van der Waals surface area contributed by atoms with E-state index in [1.807, 2.05) is 48.3 Å². The highest BCUT2D eigenvalue weighted by atomic mass is 79.9. The van der Waals surface area contributed by atoms with E-state index in [-0.39, 0.29) is 17.0 Å². The van der Waals surface area contributed by atoms with Gasteiger partial charge in [0.25, 0.3) is 0 Å². The molecule has 1 aromatic carbocycles. The zero-order chi connectivity index (χ0) is 10.8. The Labute approximate surface area is 117 Å². The maximum atomic E-state index is 5.70. The van der Waals surface area contributed by atoms with Crippen molar-refractivity contribution in [2.24, 2.45) is 0 Å². The molecule has 2 aromatic rings. The first-order valence-corrected chi connectivity index (χ1v) is 6.19. The van der Waals surface area contributed by atoms with Crippen LogP contribution in [0, 0.1) is 0 Å². The first kappa shape index (κ1) is 13.7. The highest BCUT2D eigenvalue weighted by molar-refractivity contribution is 9.10. The standard InChI is InChI=1S/C11H11BrNOS.BrH/c1-13(2)11-14-10(7-15-11)8-3-5-9(12)6-4-8;/h3-7H,1-2H3;1H/q+1;/p-1. The van der Waals surface area contributed by atoms with E-state index in [4.69, 9.17) is 4.42 Å². The summed E-state index contributed by atoms with van der Waals surface area (Å²) in [6.45, 7) is 0. The monoisotopic (exact) mass is 363 g/mol. The predicted molar refractivity (Wildman–Crippen MR) is 66.8 cm³/mol. The second-order valence-corrected chi connectivity index (χ2v) is 5.11. The third-order valence-electron chi connectivity index (χ3n) is 1.96. The molecule has 0 unspecified atom stereocenters. The van der Waals surface area contributed by atoms with Crippen molar-refractivity contribution in [3.05, 3.63) is 39.0 Å². The van der Waals surface area contributed by atoms with E-state index in [2.05, 4.69) is 15.9 Å². The summed E-state index contributed by atoms with van der Waals surface area (Å²) in [5.74, 6) is 0.913. The van der Waals surface area contributed by atoms with Crippen molar-refractivity contribution in [3.63, 3.8) is 0 Å². The fourth-order valence-corrected chi connectivity index (χ4v) is 2.19. The lowest BCUT2D eigenvalue weighted by Crippen LogP contribution is -3.00. The van der Waals surface area contributed by atoms with Gasteiger partial charge in [-0.05, 0) is 23.5 Å². The fraction of sp³-hybridized carbons (Fsp3) is 0.182. The summed E-state index contributed by atoms with van der Waals surface area (Å²) in [4.78, 5) is 0.910. The number of hydrogen-bond acceptors (Lipinski definition) is 2. The second kappa shape index (κ2) is 5.80. The molecule has 0 aliphatic rings. The van der Waals surface area contributed by atoms with Crippen molar-refractivity contribution < 1.29 is 21.4 Å². The van der Waals surface area contributed by atoms with Gasteiger partial charge in [-0.2, -0.15) is 4.58 Å². The Bertz CT molecular complexity index is 523. The van der Waals surface area contributed by atoms with Gasteiger partial charge in [0.1, 0.15) is 14.1 Å². The minimum Gasteiger partial charge on any atom is -1.00 e. The van der Waals surface area contributed by atoms with E-state index >= 15 is 0 Å². The fourth-order valence-electron chi connectivity index (χ4n) is 1.18. The van der Waals surface area contributed by atoms with E-state index in [0.29, 0.717) is 0 Å². The minimum atomic E-state index is 0. The van der Waals surface area contributed by atoms with Crippen LogP contribution in [0.3, 0.4) is 0 Å². The van der Waals surface area contributed by atoms with Crippen molar-refractivity contribution in [2.75, 3.05) is 14.1 Å². The molecular formula is C11H11Br2NOS. The van der Waals surface area contributed by atoms with Gasteiger partial charge in [0.2, 0.25) is 0 Å². The molecule has 2 rings (SSSR count). The number of rotatable bonds is 1. The Balaban J connectivity index is 0.00000128. The van der Waals surface area contributed by atoms with Crippen molar-refractivity contribution in [3.8, 4) is 11.3 Å². The zero-order valence-corrected chi connectivity index (χ0v) is 12.9. The highest BCUT2D eigenvalue weighted by Gasteiger charge is 2.05. The molecule has 1 aromatic heterocycles. The summed E-state index contributed by atoms with van der Waals surface area (Å²) in [6, 6.07) is 8.10. The van der Waals surface area contributed by atoms with E-state index in [1.165, 1.54) is 0 Å². The summed E-state index contributed by atoms with van der Waals surface area (Å²) in [7, 11) is 3.95.